The number of benzene rings is 3. The van der Waals surface area contributed by atoms with Crippen LogP contribution in [0.2, 0.25) is 0 Å². The maximum absolute atomic E-state index is 12.4. The lowest BCUT2D eigenvalue weighted by molar-refractivity contribution is 0.0954. The van der Waals surface area contributed by atoms with Gasteiger partial charge in [-0.3, -0.25) is 9.59 Å². The van der Waals surface area contributed by atoms with Crippen LogP contribution in [0.5, 0.6) is 0 Å². The summed E-state index contributed by atoms with van der Waals surface area (Å²) in [5.41, 5.74) is 8.35. The minimum Gasteiger partial charge on any atom is -0.322 e. The van der Waals surface area contributed by atoms with E-state index in [4.69, 9.17) is 0 Å². The Hall–Kier alpha value is -3.73. The van der Waals surface area contributed by atoms with Gasteiger partial charge in [0.1, 0.15) is 0 Å². The fourth-order valence-electron chi connectivity index (χ4n) is 2.93. The van der Waals surface area contributed by atoms with Crippen molar-refractivity contribution in [3.8, 4) is 0 Å². The summed E-state index contributed by atoms with van der Waals surface area (Å²) < 4.78 is 0. The molecule has 0 unspecified atom stereocenters. The Kier molecular flexibility index (Phi) is 6.19. The van der Waals surface area contributed by atoms with Gasteiger partial charge in [0.05, 0.1) is 6.21 Å². The molecular formula is C24H23N3O2. The van der Waals surface area contributed by atoms with Crippen molar-refractivity contribution < 1.29 is 9.59 Å². The Morgan fingerprint density at radius 3 is 2.24 bits per heavy atom. The Balaban J connectivity index is 1.60. The molecule has 2 N–H and O–H groups in total. The van der Waals surface area contributed by atoms with Crippen molar-refractivity contribution in [3.63, 3.8) is 0 Å². The van der Waals surface area contributed by atoms with Crippen molar-refractivity contribution in [2.75, 3.05) is 5.32 Å². The molecule has 0 saturated carbocycles. The number of hydrazone groups is 1. The highest BCUT2D eigenvalue weighted by Crippen LogP contribution is 2.14. The van der Waals surface area contributed by atoms with Gasteiger partial charge in [-0.1, -0.05) is 42.0 Å². The number of hydrogen-bond donors (Lipinski definition) is 2. The van der Waals surface area contributed by atoms with Gasteiger partial charge in [-0.15, -0.1) is 0 Å². The molecule has 146 valence electrons. The summed E-state index contributed by atoms with van der Waals surface area (Å²) in [6.07, 6.45) is 1.63. The maximum atomic E-state index is 12.4. The van der Waals surface area contributed by atoms with Crippen molar-refractivity contribution >= 4 is 23.7 Å². The molecule has 5 heteroatoms. The van der Waals surface area contributed by atoms with E-state index in [-0.39, 0.29) is 11.8 Å². The zero-order valence-corrected chi connectivity index (χ0v) is 16.7. The third-order valence-corrected chi connectivity index (χ3v) is 4.59. The van der Waals surface area contributed by atoms with Crippen molar-refractivity contribution in [3.05, 3.63) is 100 Å². The molecule has 0 aliphatic heterocycles. The number of rotatable bonds is 5. The summed E-state index contributed by atoms with van der Waals surface area (Å²) in [4.78, 5) is 24.6. The normalized spacial score (nSPS) is 10.7. The first-order chi connectivity index (χ1) is 13.9. The van der Waals surface area contributed by atoms with Gasteiger partial charge in [0, 0.05) is 16.8 Å². The van der Waals surface area contributed by atoms with E-state index in [1.54, 1.807) is 36.5 Å². The van der Waals surface area contributed by atoms with Gasteiger partial charge in [-0.05, 0) is 67.8 Å². The van der Waals surface area contributed by atoms with Crippen LogP contribution in [0.15, 0.2) is 71.8 Å². The van der Waals surface area contributed by atoms with Gasteiger partial charge < -0.3 is 5.32 Å². The number of anilines is 1. The molecular weight excluding hydrogens is 362 g/mol. The predicted octanol–water partition coefficient (Wildman–Crippen LogP) is 4.63. The molecule has 0 spiro atoms. The molecule has 3 rings (SSSR count). The molecule has 3 aromatic rings. The highest BCUT2D eigenvalue weighted by Gasteiger charge is 2.09. The van der Waals surface area contributed by atoms with Gasteiger partial charge >= 0.3 is 0 Å². The van der Waals surface area contributed by atoms with E-state index in [0.717, 1.165) is 16.7 Å². The number of carbonyl (C=O) groups is 2. The molecule has 29 heavy (non-hydrogen) atoms. The monoisotopic (exact) mass is 385 g/mol. The lowest BCUT2D eigenvalue weighted by atomic mass is 10.1. The quantitative estimate of drug-likeness (QED) is 0.497. The van der Waals surface area contributed by atoms with E-state index < -0.39 is 0 Å². The molecule has 0 heterocycles. The lowest BCUT2D eigenvalue weighted by Crippen LogP contribution is -2.18. The van der Waals surface area contributed by atoms with E-state index in [9.17, 15) is 9.59 Å². The van der Waals surface area contributed by atoms with Crippen LogP contribution in [-0.2, 0) is 0 Å². The molecule has 0 aliphatic carbocycles. The average Bonchev–Trinajstić information content (AvgIpc) is 2.70. The third-order valence-electron chi connectivity index (χ3n) is 4.59. The molecule has 2 amide bonds. The molecule has 0 bridgehead atoms. The molecule has 0 aromatic heterocycles. The smallest absolute Gasteiger partial charge is 0.271 e. The number of amides is 2. The largest absolute Gasteiger partial charge is 0.322 e. The molecule has 0 saturated heterocycles. The summed E-state index contributed by atoms with van der Waals surface area (Å²) in [6.45, 7) is 5.92. The Labute approximate surface area is 170 Å². The van der Waals surface area contributed by atoms with Crippen LogP contribution in [0.4, 0.5) is 5.69 Å². The second-order valence-corrected chi connectivity index (χ2v) is 6.91. The summed E-state index contributed by atoms with van der Waals surface area (Å²) >= 11 is 0. The van der Waals surface area contributed by atoms with Crippen LogP contribution in [-0.4, -0.2) is 18.0 Å². The zero-order chi connectivity index (χ0) is 20.8. The standard InChI is InChI=1S/C24H23N3O2/c1-16-8-9-20(18(3)14-16)15-25-27-23(28)19-10-12-21(13-11-19)26-24(29)22-7-5-4-6-17(22)2/h4-15H,1-3H3,(H,26,29)(H,27,28)/b25-15+. The summed E-state index contributed by atoms with van der Waals surface area (Å²) in [5, 5.41) is 6.87. The minimum atomic E-state index is -0.317. The van der Waals surface area contributed by atoms with Crippen molar-refractivity contribution in [2.24, 2.45) is 5.10 Å². The van der Waals surface area contributed by atoms with Crippen LogP contribution in [0.3, 0.4) is 0 Å². The predicted molar refractivity (Wildman–Crippen MR) is 117 cm³/mol. The Morgan fingerprint density at radius 1 is 0.828 bits per heavy atom. The fraction of sp³-hybridized carbons (Fsp3) is 0.125. The first-order valence-electron chi connectivity index (χ1n) is 9.32. The number of nitrogens with one attached hydrogen (secondary N) is 2. The van der Waals surface area contributed by atoms with E-state index in [1.165, 1.54) is 5.56 Å². The fourth-order valence-corrected chi connectivity index (χ4v) is 2.93. The SMILES string of the molecule is Cc1ccc(/C=N/NC(=O)c2ccc(NC(=O)c3ccccc3C)cc2)c(C)c1. The Morgan fingerprint density at radius 2 is 1.55 bits per heavy atom. The molecule has 0 radical (unpaired) electrons. The van der Waals surface area contributed by atoms with Crippen LogP contribution in [0.1, 0.15) is 43.0 Å². The van der Waals surface area contributed by atoms with Crippen molar-refractivity contribution in [2.45, 2.75) is 20.8 Å². The van der Waals surface area contributed by atoms with E-state index in [0.29, 0.717) is 16.8 Å². The van der Waals surface area contributed by atoms with E-state index in [1.807, 2.05) is 51.1 Å². The second-order valence-electron chi connectivity index (χ2n) is 6.91. The highest BCUT2D eigenvalue weighted by molar-refractivity contribution is 6.05. The number of aryl methyl sites for hydroxylation is 3. The van der Waals surface area contributed by atoms with Crippen LogP contribution in [0.25, 0.3) is 0 Å². The zero-order valence-electron chi connectivity index (χ0n) is 16.7. The minimum absolute atomic E-state index is 0.182. The van der Waals surface area contributed by atoms with E-state index in [2.05, 4.69) is 21.9 Å². The molecule has 3 aromatic carbocycles. The summed E-state index contributed by atoms with van der Waals surface area (Å²) in [5.74, 6) is -0.499. The maximum Gasteiger partial charge on any atom is 0.271 e. The summed E-state index contributed by atoms with van der Waals surface area (Å²) in [7, 11) is 0. The number of carbonyl (C=O) groups excluding carboxylic acids is 2. The van der Waals surface area contributed by atoms with E-state index >= 15 is 0 Å². The van der Waals surface area contributed by atoms with Crippen molar-refractivity contribution in [1.29, 1.82) is 0 Å². The van der Waals surface area contributed by atoms with Crippen LogP contribution in [0, 0.1) is 20.8 Å². The van der Waals surface area contributed by atoms with Crippen LogP contribution < -0.4 is 10.7 Å². The Bertz CT molecular complexity index is 1070. The van der Waals surface area contributed by atoms with Gasteiger partial charge in [0.15, 0.2) is 0 Å². The topological polar surface area (TPSA) is 70.6 Å². The number of hydrogen-bond acceptors (Lipinski definition) is 3. The second kappa shape index (κ2) is 8.97. The molecule has 5 nitrogen and oxygen atoms in total. The molecule has 0 atom stereocenters. The van der Waals surface area contributed by atoms with Crippen molar-refractivity contribution in [1.82, 2.24) is 5.43 Å². The first-order valence-corrected chi connectivity index (χ1v) is 9.32. The molecule has 0 aliphatic rings. The van der Waals surface area contributed by atoms with Gasteiger partial charge in [0.25, 0.3) is 11.8 Å². The highest BCUT2D eigenvalue weighted by atomic mass is 16.2. The number of nitrogens with zero attached hydrogens (tertiary/aromatic N) is 1. The van der Waals surface area contributed by atoms with Gasteiger partial charge in [-0.25, -0.2) is 5.43 Å². The first kappa shape index (κ1) is 20.0. The van der Waals surface area contributed by atoms with Gasteiger partial charge in [0.2, 0.25) is 0 Å². The van der Waals surface area contributed by atoms with Crippen LogP contribution >= 0.6 is 0 Å². The van der Waals surface area contributed by atoms with Gasteiger partial charge in [-0.2, -0.15) is 5.10 Å². The lowest BCUT2D eigenvalue weighted by Gasteiger charge is -2.08. The summed E-state index contributed by atoms with van der Waals surface area (Å²) in [6, 6.07) is 20.1. The molecule has 0 fully saturated rings. The average molecular weight is 385 g/mol. The third kappa shape index (κ3) is 5.17.